The zero-order chi connectivity index (χ0) is 28.0. The van der Waals surface area contributed by atoms with Crippen molar-refractivity contribution in [3.63, 3.8) is 0 Å². The third kappa shape index (κ3) is 5.05. The Balaban J connectivity index is 1.82. The standard InChI is InChI=1S/C25H29FN3O7PS/c1-14(35-3)10-11-25(2)18-8-6-15(26)12-17(18)22(30)21(23(25)31)24-27-19-9-7-16(29-38(5,33)34)13-20(19)37(32,28-24)36-4/h6-9,12-14,21,29H,10-11H2,1-5H3,(H,27,28,32). The van der Waals surface area contributed by atoms with Gasteiger partial charge in [-0.05, 0) is 62.6 Å². The van der Waals surface area contributed by atoms with Gasteiger partial charge >= 0.3 is 7.52 Å². The number of halogens is 1. The van der Waals surface area contributed by atoms with Crippen LogP contribution in [0.5, 0.6) is 0 Å². The van der Waals surface area contributed by atoms with Crippen molar-refractivity contribution in [1.82, 2.24) is 0 Å². The molecule has 0 bridgehead atoms. The minimum absolute atomic E-state index is 0.0532. The summed E-state index contributed by atoms with van der Waals surface area (Å²) in [4.78, 5) is 27.7. The first kappa shape index (κ1) is 28.1. The average Bonchev–Trinajstić information content (AvgIpc) is 2.85. The molecule has 204 valence electrons. The number of anilines is 2. The van der Waals surface area contributed by atoms with Crippen molar-refractivity contribution in [3.8, 4) is 0 Å². The number of methoxy groups -OCH3 is 1. The number of carbonyl (C=O) groups excluding carboxylic acids is 2. The highest BCUT2D eigenvalue weighted by Gasteiger charge is 2.52. The summed E-state index contributed by atoms with van der Waals surface area (Å²) in [5.74, 6) is -3.44. The molecule has 4 unspecified atom stereocenters. The molecule has 0 aromatic heterocycles. The van der Waals surface area contributed by atoms with E-state index >= 15 is 0 Å². The number of ketones is 2. The van der Waals surface area contributed by atoms with Gasteiger partial charge < -0.3 is 14.6 Å². The van der Waals surface area contributed by atoms with Crippen LogP contribution in [0.15, 0.2) is 41.2 Å². The molecule has 0 saturated heterocycles. The van der Waals surface area contributed by atoms with Gasteiger partial charge in [0.05, 0.1) is 28.8 Å². The Labute approximate surface area is 220 Å². The van der Waals surface area contributed by atoms with Crippen LogP contribution in [0.4, 0.5) is 15.8 Å². The lowest BCUT2D eigenvalue weighted by molar-refractivity contribution is -0.125. The molecule has 1 aliphatic heterocycles. The number of hydrogen-bond acceptors (Lipinski definition) is 8. The lowest BCUT2D eigenvalue weighted by atomic mass is 9.63. The SMILES string of the molecule is COC(C)CCC1(C)C(=O)C(C2=NP(=O)(OC)c3cc(NS(C)(=O)=O)ccc3N2)C(=O)c2cc(F)ccc21. The van der Waals surface area contributed by atoms with Crippen LogP contribution >= 0.6 is 7.52 Å². The summed E-state index contributed by atoms with van der Waals surface area (Å²) in [5, 5.41) is 2.99. The van der Waals surface area contributed by atoms with E-state index in [0.717, 1.165) is 12.3 Å². The van der Waals surface area contributed by atoms with E-state index in [1.165, 1.54) is 37.4 Å². The normalized spacial score (nSPS) is 25.6. The molecule has 0 radical (unpaired) electrons. The van der Waals surface area contributed by atoms with Crippen LogP contribution in [0, 0.1) is 11.7 Å². The number of hydrogen-bond donors (Lipinski definition) is 2. The number of sulfonamides is 1. The van der Waals surface area contributed by atoms with Gasteiger partial charge in [-0.3, -0.25) is 18.9 Å². The van der Waals surface area contributed by atoms with Crippen molar-refractivity contribution in [1.29, 1.82) is 0 Å². The average molecular weight is 566 g/mol. The lowest BCUT2D eigenvalue weighted by Gasteiger charge is -2.39. The fourth-order valence-electron chi connectivity index (χ4n) is 4.82. The third-order valence-electron chi connectivity index (χ3n) is 6.99. The van der Waals surface area contributed by atoms with Gasteiger partial charge in [-0.1, -0.05) is 6.07 Å². The van der Waals surface area contributed by atoms with Crippen LogP contribution in [0.1, 0.15) is 42.6 Å². The van der Waals surface area contributed by atoms with E-state index in [4.69, 9.17) is 9.26 Å². The van der Waals surface area contributed by atoms with Crippen molar-refractivity contribution in [3.05, 3.63) is 53.3 Å². The molecule has 38 heavy (non-hydrogen) atoms. The van der Waals surface area contributed by atoms with E-state index in [1.54, 1.807) is 14.0 Å². The van der Waals surface area contributed by atoms with Crippen LogP contribution in [0.25, 0.3) is 0 Å². The van der Waals surface area contributed by atoms with E-state index in [2.05, 4.69) is 14.8 Å². The van der Waals surface area contributed by atoms with E-state index < -0.39 is 46.3 Å². The molecule has 2 aromatic rings. The molecule has 1 heterocycles. The number of Topliss-reactive ketones (excluding diaryl/α,β-unsaturated/α-hetero) is 2. The van der Waals surface area contributed by atoms with Gasteiger partial charge in [0.25, 0.3) is 0 Å². The summed E-state index contributed by atoms with van der Waals surface area (Å²) in [6, 6.07) is 7.97. The van der Waals surface area contributed by atoms with Gasteiger partial charge in [0, 0.05) is 25.5 Å². The number of rotatable bonds is 8. The Morgan fingerprint density at radius 3 is 2.55 bits per heavy atom. The molecular formula is C25H29FN3O7PS. The molecular weight excluding hydrogens is 536 g/mol. The second kappa shape index (κ2) is 10.00. The Morgan fingerprint density at radius 1 is 1.21 bits per heavy atom. The first-order valence-electron chi connectivity index (χ1n) is 11.8. The Hall–Kier alpha value is -2.92. The van der Waals surface area contributed by atoms with Gasteiger partial charge in [-0.25, -0.2) is 12.8 Å². The van der Waals surface area contributed by atoms with Crippen LogP contribution < -0.4 is 15.3 Å². The van der Waals surface area contributed by atoms with Crippen LogP contribution in [-0.4, -0.2) is 52.4 Å². The van der Waals surface area contributed by atoms with Crippen molar-refractivity contribution in [2.75, 3.05) is 30.5 Å². The maximum atomic E-state index is 14.3. The largest absolute Gasteiger partial charge is 0.382 e. The molecule has 2 N–H and O–H groups in total. The van der Waals surface area contributed by atoms with Crippen molar-refractivity contribution < 1.29 is 36.2 Å². The molecule has 4 atom stereocenters. The maximum Gasteiger partial charge on any atom is 0.348 e. The van der Waals surface area contributed by atoms with Gasteiger partial charge in [-0.2, -0.15) is 4.76 Å². The van der Waals surface area contributed by atoms with E-state index in [-0.39, 0.29) is 34.2 Å². The Bertz CT molecular complexity index is 1510. The molecule has 1 aliphatic carbocycles. The van der Waals surface area contributed by atoms with Gasteiger partial charge in [0.1, 0.15) is 17.6 Å². The minimum Gasteiger partial charge on any atom is -0.382 e. The Morgan fingerprint density at radius 2 is 1.92 bits per heavy atom. The van der Waals surface area contributed by atoms with Gasteiger partial charge in [0.15, 0.2) is 11.6 Å². The first-order valence-corrected chi connectivity index (χ1v) is 15.3. The molecule has 4 rings (SSSR count). The van der Waals surface area contributed by atoms with Gasteiger partial charge in [-0.15, -0.1) is 0 Å². The molecule has 0 fully saturated rings. The summed E-state index contributed by atoms with van der Waals surface area (Å²) in [5.41, 5.74) is -0.342. The Kier molecular flexibility index (Phi) is 7.39. The van der Waals surface area contributed by atoms with Crippen LogP contribution in [-0.2, 0) is 34.1 Å². The fraction of sp³-hybridized carbons (Fsp3) is 0.400. The van der Waals surface area contributed by atoms with Gasteiger partial charge in [0.2, 0.25) is 10.0 Å². The second-order valence-corrected chi connectivity index (χ2v) is 13.5. The highest BCUT2D eigenvalue weighted by atomic mass is 32.2. The third-order valence-corrected chi connectivity index (χ3v) is 9.55. The molecule has 10 nitrogen and oxygen atoms in total. The topological polar surface area (TPSA) is 140 Å². The van der Waals surface area contributed by atoms with E-state index in [9.17, 15) is 27.0 Å². The van der Waals surface area contributed by atoms with Crippen LogP contribution in [0.3, 0.4) is 0 Å². The van der Waals surface area contributed by atoms with E-state index in [1.807, 2.05) is 6.92 Å². The number of carbonyl (C=O) groups is 2. The molecule has 2 aliphatic rings. The summed E-state index contributed by atoms with van der Waals surface area (Å²) in [6.45, 7) is 3.56. The summed E-state index contributed by atoms with van der Waals surface area (Å²) in [6.07, 6.45) is 1.61. The number of nitrogens with zero attached hydrogens (tertiary/aromatic N) is 1. The zero-order valence-electron chi connectivity index (χ0n) is 21.6. The second-order valence-electron chi connectivity index (χ2n) is 9.69. The number of amidine groups is 1. The summed E-state index contributed by atoms with van der Waals surface area (Å²) in [7, 11) is -4.92. The molecule has 0 saturated carbocycles. The highest BCUT2D eigenvalue weighted by molar-refractivity contribution is 7.92. The first-order chi connectivity index (χ1) is 17.7. The van der Waals surface area contributed by atoms with Crippen molar-refractivity contribution >= 4 is 51.6 Å². The molecule has 0 spiro atoms. The number of ether oxygens (including phenoxy) is 1. The number of benzene rings is 2. The minimum atomic E-state index is -4.03. The monoisotopic (exact) mass is 565 g/mol. The zero-order valence-corrected chi connectivity index (χ0v) is 23.3. The van der Waals surface area contributed by atoms with E-state index in [0.29, 0.717) is 18.4 Å². The predicted octanol–water partition coefficient (Wildman–Crippen LogP) is 3.64. The predicted molar refractivity (Wildman–Crippen MR) is 143 cm³/mol. The molecule has 2 aromatic carbocycles. The molecule has 0 amide bonds. The smallest absolute Gasteiger partial charge is 0.348 e. The number of fused-ring (bicyclic) bond motifs is 2. The quantitative estimate of drug-likeness (QED) is 0.365. The molecule has 13 heteroatoms. The summed E-state index contributed by atoms with van der Waals surface area (Å²) < 4.78 is 68.5. The van der Waals surface area contributed by atoms with Crippen molar-refractivity contribution in [2.45, 2.75) is 38.2 Å². The number of nitrogens with one attached hydrogen (secondary N) is 2. The highest BCUT2D eigenvalue weighted by Crippen LogP contribution is 2.52. The summed E-state index contributed by atoms with van der Waals surface area (Å²) >= 11 is 0. The fourth-order valence-corrected chi connectivity index (χ4v) is 6.95. The maximum absolute atomic E-state index is 14.3. The lowest BCUT2D eigenvalue weighted by Crippen LogP contribution is -2.51. The van der Waals surface area contributed by atoms with Crippen molar-refractivity contribution in [2.24, 2.45) is 10.7 Å². The van der Waals surface area contributed by atoms with Crippen LogP contribution in [0.2, 0.25) is 0 Å².